The van der Waals surface area contributed by atoms with E-state index in [1.165, 1.54) is 5.56 Å². The molecule has 0 bridgehead atoms. The van der Waals surface area contributed by atoms with Crippen LogP contribution in [0, 0.1) is 0 Å². The zero-order valence-electron chi connectivity index (χ0n) is 17.5. The monoisotopic (exact) mass is 390 g/mol. The molecule has 1 fully saturated rings. The Hall–Kier alpha value is -1.08. The fraction of sp³-hybridized carbons (Fsp3) is 0.667. The molecule has 0 aliphatic carbocycles. The van der Waals surface area contributed by atoms with E-state index in [2.05, 4.69) is 74.7 Å². The van der Waals surface area contributed by atoms with Gasteiger partial charge in [0.25, 0.3) is 0 Å². The minimum absolute atomic E-state index is 0.0119. The number of nitrogens with one attached hydrogen (secondary N) is 2. The van der Waals surface area contributed by atoms with Crippen molar-refractivity contribution < 1.29 is 4.79 Å². The first-order valence-corrected chi connectivity index (χ1v) is 10.8. The van der Waals surface area contributed by atoms with Crippen molar-refractivity contribution in [2.75, 3.05) is 31.1 Å². The summed E-state index contributed by atoms with van der Waals surface area (Å²) in [6, 6.07) is 7.76. The molecule has 2 aliphatic rings. The third-order valence-corrected chi connectivity index (χ3v) is 6.57. The van der Waals surface area contributed by atoms with Gasteiger partial charge < -0.3 is 10.2 Å². The van der Waals surface area contributed by atoms with Gasteiger partial charge in [-0.25, -0.2) is 0 Å². The molecule has 6 heteroatoms. The van der Waals surface area contributed by atoms with Crippen LogP contribution in [0.15, 0.2) is 23.1 Å². The third kappa shape index (κ3) is 4.67. The van der Waals surface area contributed by atoms with E-state index >= 15 is 0 Å². The van der Waals surface area contributed by atoms with Crippen molar-refractivity contribution in [3.8, 4) is 0 Å². The highest BCUT2D eigenvalue weighted by molar-refractivity contribution is 7.97. The maximum absolute atomic E-state index is 13.2. The highest BCUT2D eigenvalue weighted by atomic mass is 32.2. The SMILES string of the molecule is CC(C)NSc1ccc2c(c1)N(C(=O)CN1C[C@@H](C)NC[C@@H]1C)CC2(C)C. The summed E-state index contributed by atoms with van der Waals surface area (Å²) in [6.45, 7) is 16.2. The maximum Gasteiger partial charge on any atom is 0.241 e. The predicted molar refractivity (Wildman–Crippen MR) is 114 cm³/mol. The van der Waals surface area contributed by atoms with Crippen LogP contribution in [0.2, 0.25) is 0 Å². The first-order valence-electron chi connectivity index (χ1n) is 10.0. The van der Waals surface area contributed by atoms with E-state index in [0.717, 1.165) is 30.2 Å². The van der Waals surface area contributed by atoms with E-state index < -0.39 is 0 Å². The van der Waals surface area contributed by atoms with Gasteiger partial charge in [-0.05, 0) is 57.3 Å². The molecule has 0 aromatic heterocycles. The van der Waals surface area contributed by atoms with E-state index in [9.17, 15) is 4.79 Å². The molecule has 0 spiro atoms. The van der Waals surface area contributed by atoms with Gasteiger partial charge in [-0.1, -0.05) is 19.9 Å². The largest absolute Gasteiger partial charge is 0.311 e. The standard InChI is InChI=1S/C21H34N4OS/c1-14(2)23-27-17-7-8-18-19(9-17)25(13-21(18,5)6)20(26)12-24-11-15(3)22-10-16(24)4/h7-9,14-16,22-23H,10-13H2,1-6H3/t15-,16+/m1/s1. The van der Waals surface area contributed by atoms with Crippen molar-refractivity contribution in [3.05, 3.63) is 23.8 Å². The normalized spacial score (nSPS) is 25.1. The lowest BCUT2D eigenvalue weighted by atomic mass is 9.87. The molecule has 0 unspecified atom stereocenters. The second-order valence-electron chi connectivity index (χ2n) is 9.01. The quantitative estimate of drug-likeness (QED) is 0.757. The van der Waals surface area contributed by atoms with Crippen molar-refractivity contribution in [2.45, 2.75) is 70.0 Å². The fourth-order valence-corrected chi connectivity index (χ4v) is 4.60. The topological polar surface area (TPSA) is 47.6 Å². The van der Waals surface area contributed by atoms with Crippen LogP contribution < -0.4 is 14.9 Å². The lowest BCUT2D eigenvalue weighted by Crippen LogP contribution is -2.56. The molecule has 1 aromatic rings. The molecule has 1 aromatic carbocycles. The summed E-state index contributed by atoms with van der Waals surface area (Å²) >= 11 is 1.64. The molecule has 3 rings (SSSR count). The van der Waals surface area contributed by atoms with E-state index in [1.54, 1.807) is 11.9 Å². The van der Waals surface area contributed by atoms with Crippen molar-refractivity contribution in [1.29, 1.82) is 0 Å². The second kappa shape index (κ2) is 8.11. The molecule has 1 saturated heterocycles. The lowest BCUT2D eigenvalue weighted by Gasteiger charge is -2.37. The van der Waals surface area contributed by atoms with Crippen LogP contribution >= 0.6 is 11.9 Å². The summed E-state index contributed by atoms with van der Waals surface area (Å²) in [5.74, 6) is 0.210. The van der Waals surface area contributed by atoms with Gasteiger partial charge in [0.15, 0.2) is 0 Å². The number of carbonyl (C=O) groups excluding carboxylic acids is 1. The van der Waals surface area contributed by atoms with E-state index in [4.69, 9.17) is 0 Å². The number of rotatable bonds is 5. The lowest BCUT2D eigenvalue weighted by molar-refractivity contribution is -0.120. The number of carbonyl (C=O) groups is 1. The Morgan fingerprint density at radius 2 is 2.11 bits per heavy atom. The van der Waals surface area contributed by atoms with Crippen molar-refractivity contribution in [3.63, 3.8) is 0 Å². The molecular weight excluding hydrogens is 356 g/mol. The zero-order chi connectivity index (χ0) is 19.8. The van der Waals surface area contributed by atoms with Crippen LogP contribution in [0.1, 0.15) is 47.1 Å². The van der Waals surface area contributed by atoms with Crippen LogP contribution in [0.5, 0.6) is 0 Å². The van der Waals surface area contributed by atoms with E-state index in [1.807, 2.05) is 4.90 Å². The first kappa shape index (κ1) is 20.6. The average Bonchev–Trinajstić information content (AvgIpc) is 2.87. The molecule has 1 amide bonds. The fourth-order valence-electron chi connectivity index (χ4n) is 3.92. The van der Waals surface area contributed by atoms with Crippen molar-refractivity contribution >= 4 is 23.5 Å². The summed E-state index contributed by atoms with van der Waals surface area (Å²) in [4.78, 5) is 18.7. The number of benzene rings is 1. The highest BCUT2D eigenvalue weighted by Crippen LogP contribution is 2.42. The summed E-state index contributed by atoms with van der Waals surface area (Å²) < 4.78 is 3.39. The second-order valence-corrected chi connectivity index (χ2v) is 9.92. The number of amides is 1. The van der Waals surface area contributed by atoms with E-state index in [0.29, 0.717) is 24.7 Å². The Kier molecular flexibility index (Phi) is 6.21. The van der Waals surface area contributed by atoms with Gasteiger partial charge in [0.2, 0.25) is 5.91 Å². The minimum atomic E-state index is -0.0119. The number of fused-ring (bicyclic) bond motifs is 1. The van der Waals surface area contributed by atoms with Gasteiger partial charge in [-0.3, -0.25) is 14.4 Å². The molecule has 0 radical (unpaired) electrons. The van der Waals surface area contributed by atoms with Crippen LogP contribution in [0.25, 0.3) is 0 Å². The van der Waals surface area contributed by atoms with Gasteiger partial charge in [0.1, 0.15) is 0 Å². The summed E-state index contributed by atoms with van der Waals surface area (Å²) in [6.07, 6.45) is 0. The Morgan fingerprint density at radius 1 is 1.37 bits per heavy atom. The molecule has 2 N–H and O–H groups in total. The van der Waals surface area contributed by atoms with Gasteiger partial charge in [0, 0.05) is 53.8 Å². The smallest absolute Gasteiger partial charge is 0.241 e. The van der Waals surface area contributed by atoms with Crippen molar-refractivity contribution in [1.82, 2.24) is 14.9 Å². The molecule has 2 atom stereocenters. The van der Waals surface area contributed by atoms with Crippen LogP contribution in [-0.2, 0) is 10.2 Å². The number of piperazine rings is 1. The van der Waals surface area contributed by atoms with Gasteiger partial charge >= 0.3 is 0 Å². The molecule has 2 aliphatic heterocycles. The van der Waals surface area contributed by atoms with E-state index in [-0.39, 0.29) is 11.3 Å². The van der Waals surface area contributed by atoms with Crippen LogP contribution in [0.3, 0.4) is 0 Å². The highest BCUT2D eigenvalue weighted by Gasteiger charge is 2.39. The molecule has 0 saturated carbocycles. The number of hydrogen-bond acceptors (Lipinski definition) is 5. The molecule has 2 heterocycles. The number of hydrogen-bond donors (Lipinski definition) is 2. The Balaban J connectivity index is 1.78. The molecule has 5 nitrogen and oxygen atoms in total. The Morgan fingerprint density at radius 3 is 2.81 bits per heavy atom. The van der Waals surface area contributed by atoms with Crippen LogP contribution in [0.4, 0.5) is 5.69 Å². The number of anilines is 1. The third-order valence-electron chi connectivity index (χ3n) is 5.49. The summed E-state index contributed by atoms with van der Waals surface area (Å²) in [7, 11) is 0. The summed E-state index contributed by atoms with van der Waals surface area (Å²) in [5, 5.41) is 3.49. The first-order chi connectivity index (χ1) is 12.7. The van der Waals surface area contributed by atoms with Crippen LogP contribution in [-0.4, -0.2) is 55.1 Å². The van der Waals surface area contributed by atoms with Gasteiger partial charge in [-0.15, -0.1) is 0 Å². The predicted octanol–water partition coefficient (Wildman–Crippen LogP) is 3.00. The molecule has 150 valence electrons. The minimum Gasteiger partial charge on any atom is -0.311 e. The number of nitrogens with zero attached hydrogens (tertiary/aromatic N) is 2. The molecule has 27 heavy (non-hydrogen) atoms. The Bertz CT molecular complexity index is 691. The van der Waals surface area contributed by atoms with Gasteiger partial charge in [0.05, 0.1) is 6.54 Å². The van der Waals surface area contributed by atoms with Crippen molar-refractivity contribution in [2.24, 2.45) is 0 Å². The maximum atomic E-state index is 13.2. The van der Waals surface area contributed by atoms with Gasteiger partial charge in [-0.2, -0.15) is 0 Å². The zero-order valence-corrected chi connectivity index (χ0v) is 18.3. The summed E-state index contributed by atoms with van der Waals surface area (Å²) in [5.41, 5.74) is 2.34. The Labute approximate surface area is 168 Å². The average molecular weight is 391 g/mol. The molecular formula is C21H34N4OS.